The van der Waals surface area contributed by atoms with Gasteiger partial charge < -0.3 is 9.84 Å². The molecule has 0 aromatic heterocycles. The molecule has 2 aliphatic rings. The molecule has 0 aliphatic carbocycles. The lowest BCUT2D eigenvalue weighted by atomic mass is 9.72. The second kappa shape index (κ2) is 8.10. The third kappa shape index (κ3) is 3.87. The SMILES string of the molecule is CC(C)(C)N(C(=O)O)C1=N[C@@]2(c3cc([N+](=O)[O-])ccc3F)CCO[C@H](CF)[C@H]2CS1. The number of alkyl halides is 1. The number of rotatable bonds is 3. The minimum Gasteiger partial charge on any atom is -0.465 e. The van der Waals surface area contributed by atoms with E-state index in [0.717, 1.165) is 34.9 Å². The Kier molecular flexibility index (Phi) is 6.06. The Balaban J connectivity index is 2.25. The van der Waals surface area contributed by atoms with Gasteiger partial charge in [-0.05, 0) is 26.8 Å². The molecule has 1 saturated heterocycles. The summed E-state index contributed by atoms with van der Waals surface area (Å²) in [5.41, 5.74) is -2.56. The lowest BCUT2D eigenvalue weighted by Crippen LogP contribution is -2.55. The van der Waals surface area contributed by atoms with Crippen LogP contribution >= 0.6 is 11.8 Å². The van der Waals surface area contributed by atoms with E-state index in [1.54, 1.807) is 20.8 Å². The smallest absolute Gasteiger partial charge is 0.413 e. The maximum absolute atomic E-state index is 15.0. The Labute approximate surface area is 176 Å². The van der Waals surface area contributed by atoms with Gasteiger partial charge in [0.2, 0.25) is 0 Å². The number of amides is 1. The van der Waals surface area contributed by atoms with Gasteiger partial charge >= 0.3 is 6.09 Å². The van der Waals surface area contributed by atoms with Crippen molar-refractivity contribution in [2.75, 3.05) is 19.0 Å². The van der Waals surface area contributed by atoms with Crippen LogP contribution in [0, 0.1) is 21.8 Å². The normalized spacial score (nSPS) is 26.5. The van der Waals surface area contributed by atoms with Crippen LogP contribution in [0.3, 0.4) is 0 Å². The summed E-state index contributed by atoms with van der Waals surface area (Å²) in [5.74, 6) is -1.09. The number of amidine groups is 1. The number of benzene rings is 1. The fourth-order valence-electron chi connectivity index (χ4n) is 4.00. The molecule has 164 valence electrons. The Hall–Kier alpha value is -2.27. The van der Waals surface area contributed by atoms with E-state index in [1.807, 2.05) is 0 Å². The average molecular weight is 443 g/mol. The average Bonchev–Trinajstić information content (AvgIpc) is 2.65. The number of aliphatic imine (C=N–C) groups is 1. The first-order valence-electron chi connectivity index (χ1n) is 9.39. The van der Waals surface area contributed by atoms with Crippen molar-refractivity contribution in [1.82, 2.24) is 4.90 Å². The summed E-state index contributed by atoms with van der Waals surface area (Å²) in [7, 11) is 0. The highest BCUT2D eigenvalue weighted by Gasteiger charge is 2.53. The van der Waals surface area contributed by atoms with Gasteiger partial charge in [0.25, 0.3) is 5.69 Å². The van der Waals surface area contributed by atoms with Gasteiger partial charge in [0, 0.05) is 47.9 Å². The number of ether oxygens (including phenoxy) is 1. The molecule has 0 radical (unpaired) electrons. The standard InChI is InChI=1S/C19H23F2N3O5S/c1-18(2,3)23(17(25)26)16-22-19(6-7-29-15(9-20)13(19)10-30-16)12-8-11(24(27)28)4-5-14(12)21/h4-5,8,13,15H,6-7,9-10H2,1-3H3,(H,25,26)/t13-,15-,19-/m1/s1. The van der Waals surface area contributed by atoms with Gasteiger partial charge in [0.05, 0.1) is 16.6 Å². The van der Waals surface area contributed by atoms with Crippen LogP contribution in [-0.2, 0) is 10.3 Å². The van der Waals surface area contributed by atoms with Gasteiger partial charge in [-0.3, -0.25) is 15.0 Å². The molecule has 3 rings (SSSR count). The Morgan fingerprint density at radius 1 is 1.50 bits per heavy atom. The Morgan fingerprint density at radius 3 is 2.77 bits per heavy atom. The first-order chi connectivity index (χ1) is 14.0. The van der Waals surface area contributed by atoms with Crippen LogP contribution in [0.4, 0.5) is 19.3 Å². The molecule has 8 nitrogen and oxygen atoms in total. The van der Waals surface area contributed by atoms with Gasteiger partial charge in [0.15, 0.2) is 5.17 Å². The van der Waals surface area contributed by atoms with E-state index in [4.69, 9.17) is 4.74 Å². The zero-order chi connectivity index (χ0) is 22.3. The number of nitro groups is 1. The zero-order valence-electron chi connectivity index (χ0n) is 16.8. The molecular weight excluding hydrogens is 420 g/mol. The second-order valence-corrected chi connectivity index (χ2v) is 9.25. The summed E-state index contributed by atoms with van der Waals surface area (Å²) in [6.45, 7) is 4.34. The van der Waals surface area contributed by atoms with Gasteiger partial charge in [-0.15, -0.1) is 0 Å². The molecule has 0 unspecified atom stereocenters. The van der Waals surface area contributed by atoms with E-state index in [2.05, 4.69) is 4.99 Å². The minimum absolute atomic E-state index is 0.0412. The highest BCUT2D eigenvalue weighted by atomic mass is 32.2. The number of hydrogen-bond donors (Lipinski definition) is 1. The summed E-state index contributed by atoms with van der Waals surface area (Å²) >= 11 is 1.13. The lowest BCUT2D eigenvalue weighted by Gasteiger charge is -2.49. The zero-order valence-corrected chi connectivity index (χ0v) is 17.6. The third-order valence-electron chi connectivity index (χ3n) is 5.40. The fourth-order valence-corrected chi connectivity index (χ4v) is 5.53. The molecule has 2 heterocycles. The number of carbonyl (C=O) groups is 1. The quantitative estimate of drug-likeness (QED) is 0.555. The molecule has 1 aromatic carbocycles. The molecule has 0 spiro atoms. The summed E-state index contributed by atoms with van der Waals surface area (Å²) in [6.07, 6.45) is -1.95. The Morgan fingerprint density at radius 2 is 2.20 bits per heavy atom. The van der Waals surface area contributed by atoms with Crippen molar-refractivity contribution in [1.29, 1.82) is 0 Å². The van der Waals surface area contributed by atoms with Gasteiger partial charge in [-0.2, -0.15) is 0 Å². The maximum atomic E-state index is 15.0. The van der Waals surface area contributed by atoms with Crippen LogP contribution in [0.25, 0.3) is 0 Å². The molecular formula is C19H23F2N3O5S. The first-order valence-corrected chi connectivity index (χ1v) is 10.4. The molecule has 1 N–H and O–H groups in total. The molecule has 1 fully saturated rings. The predicted molar refractivity (Wildman–Crippen MR) is 108 cm³/mol. The summed E-state index contributed by atoms with van der Waals surface area (Å²) in [6, 6.07) is 3.16. The van der Waals surface area contributed by atoms with Crippen molar-refractivity contribution < 1.29 is 28.3 Å². The number of fused-ring (bicyclic) bond motifs is 1. The van der Waals surface area contributed by atoms with Crippen LogP contribution < -0.4 is 0 Å². The van der Waals surface area contributed by atoms with Crippen molar-refractivity contribution >= 4 is 28.7 Å². The lowest BCUT2D eigenvalue weighted by molar-refractivity contribution is -0.385. The largest absolute Gasteiger partial charge is 0.465 e. The summed E-state index contributed by atoms with van der Waals surface area (Å²) < 4.78 is 34.2. The van der Waals surface area contributed by atoms with Crippen molar-refractivity contribution in [2.45, 2.75) is 44.4 Å². The van der Waals surface area contributed by atoms with Crippen LogP contribution in [0.1, 0.15) is 32.8 Å². The topological polar surface area (TPSA) is 105 Å². The monoisotopic (exact) mass is 443 g/mol. The van der Waals surface area contributed by atoms with Crippen molar-refractivity contribution in [3.05, 3.63) is 39.7 Å². The highest BCUT2D eigenvalue weighted by Crippen LogP contribution is 2.50. The van der Waals surface area contributed by atoms with Crippen LogP contribution in [0.2, 0.25) is 0 Å². The summed E-state index contributed by atoms with van der Waals surface area (Å²) in [5, 5.41) is 21.2. The molecule has 3 atom stereocenters. The second-order valence-electron chi connectivity index (χ2n) is 8.26. The minimum atomic E-state index is -1.37. The number of thioether (sulfide) groups is 1. The predicted octanol–water partition coefficient (Wildman–Crippen LogP) is 4.19. The molecule has 2 aliphatic heterocycles. The molecule has 0 saturated carbocycles. The first kappa shape index (κ1) is 22.4. The highest BCUT2D eigenvalue weighted by molar-refractivity contribution is 8.13. The van der Waals surface area contributed by atoms with E-state index in [0.29, 0.717) is 0 Å². The maximum Gasteiger partial charge on any atom is 0.413 e. The molecule has 1 amide bonds. The van der Waals surface area contributed by atoms with E-state index >= 15 is 0 Å². The van der Waals surface area contributed by atoms with Crippen molar-refractivity contribution in [3.63, 3.8) is 0 Å². The van der Waals surface area contributed by atoms with E-state index < -0.39 is 46.6 Å². The molecule has 1 aromatic rings. The van der Waals surface area contributed by atoms with Crippen LogP contribution in [0.15, 0.2) is 23.2 Å². The van der Waals surface area contributed by atoms with E-state index in [9.17, 15) is 28.8 Å². The number of carboxylic acid groups (broad SMARTS) is 1. The number of halogens is 2. The molecule has 0 bridgehead atoms. The van der Waals surface area contributed by atoms with Crippen molar-refractivity contribution in [2.24, 2.45) is 10.9 Å². The van der Waals surface area contributed by atoms with Crippen LogP contribution in [-0.4, -0.2) is 56.9 Å². The Bertz CT molecular complexity index is 891. The van der Waals surface area contributed by atoms with Gasteiger partial charge in [-0.1, -0.05) is 11.8 Å². The van der Waals surface area contributed by atoms with Gasteiger partial charge in [0.1, 0.15) is 12.5 Å². The molecule has 30 heavy (non-hydrogen) atoms. The number of nitrogens with zero attached hydrogens (tertiary/aromatic N) is 3. The van der Waals surface area contributed by atoms with Gasteiger partial charge in [-0.25, -0.2) is 18.6 Å². The van der Waals surface area contributed by atoms with Crippen molar-refractivity contribution in [3.8, 4) is 0 Å². The number of hydrogen-bond acceptors (Lipinski definition) is 6. The number of non-ortho nitro benzene ring substituents is 1. The van der Waals surface area contributed by atoms with E-state index in [1.165, 1.54) is 0 Å². The molecule has 11 heteroatoms. The summed E-state index contributed by atoms with van der Waals surface area (Å²) in [4.78, 5) is 28.4. The fraction of sp³-hybridized carbons (Fsp3) is 0.579. The van der Waals surface area contributed by atoms with E-state index in [-0.39, 0.29) is 35.2 Å². The number of nitro benzene ring substituents is 1. The van der Waals surface area contributed by atoms with Crippen LogP contribution in [0.5, 0.6) is 0 Å². The third-order valence-corrected chi connectivity index (χ3v) is 6.45.